The molecule has 0 atom stereocenters. The quantitative estimate of drug-likeness (QED) is 0.279. The van der Waals surface area contributed by atoms with Crippen LogP contribution in [0, 0.1) is 0 Å². The first kappa shape index (κ1) is 25.6. The maximum atomic E-state index is 13.5. The van der Waals surface area contributed by atoms with Gasteiger partial charge in [-0.15, -0.1) is 0 Å². The Morgan fingerprint density at radius 2 is 1.75 bits per heavy atom. The second-order valence-electron chi connectivity index (χ2n) is 7.64. The van der Waals surface area contributed by atoms with Gasteiger partial charge in [-0.2, -0.15) is 5.10 Å². The number of fused-ring (bicyclic) bond motifs is 1. The van der Waals surface area contributed by atoms with E-state index in [1.54, 1.807) is 18.2 Å². The van der Waals surface area contributed by atoms with Crippen LogP contribution in [0.1, 0.15) is 20.8 Å². The number of nitrogens with one attached hydrogen (secondary N) is 3. The molecular weight excluding hydrogens is 618 g/mol. The summed E-state index contributed by atoms with van der Waals surface area (Å²) in [7, 11) is 3.07. The number of hydrazine groups is 1. The molecule has 2 heterocycles. The van der Waals surface area contributed by atoms with E-state index in [0.29, 0.717) is 14.1 Å². The van der Waals surface area contributed by atoms with Crippen molar-refractivity contribution in [3.63, 3.8) is 0 Å². The third kappa shape index (κ3) is 5.20. The third-order valence-electron chi connectivity index (χ3n) is 5.01. The number of carbonyl (C=O) groups is 3. The van der Waals surface area contributed by atoms with Crippen LogP contribution in [0.3, 0.4) is 0 Å². The Morgan fingerprint density at radius 1 is 1.00 bits per heavy atom. The average Bonchev–Trinajstić information content (AvgIpc) is 3.25. The van der Waals surface area contributed by atoms with Crippen LogP contribution in [0.15, 0.2) is 63.8 Å². The summed E-state index contributed by atoms with van der Waals surface area (Å²) in [6.45, 7) is 0. The van der Waals surface area contributed by atoms with Gasteiger partial charge in [-0.1, -0.05) is 35.9 Å². The maximum absolute atomic E-state index is 13.5. The van der Waals surface area contributed by atoms with Gasteiger partial charge in [0.25, 0.3) is 11.8 Å². The number of hydrogen-bond donors (Lipinski definition) is 3. The molecule has 2 aromatic heterocycles. The second kappa shape index (κ2) is 10.6. The zero-order valence-electron chi connectivity index (χ0n) is 18.8. The fourth-order valence-corrected chi connectivity index (χ4v) is 4.53. The Bertz CT molecular complexity index is 1510. The summed E-state index contributed by atoms with van der Waals surface area (Å²) in [5, 5.41) is 8.90. The number of urea groups is 1. The van der Waals surface area contributed by atoms with E-state index in [1.807, 2.05) is 24.3 Å². The molecule has 0 aliphatic heterocycles. The Hall–Kier alpha value is -3.48. The first-order valence-corrected chi connectivity index (χ1v) is 12.3. The molecular formula is C23H18Br2ClN7O3. The van der Waals surface area contributed by atoms with Crippen molar-refractivity contribution in [3.05, 3.63) is 80.1 Å². The number of benzene rings is 2. The minimum atomic E-state index is -0.630. The molecule has 0 saturated carbocycles. The van der Waals surface area contributed by atoms with Crippen LogP contribution < -0.4 is 16.2 Å². The zero-order valence-corrected chi connectivity index (χ0v) is 22.8. The van der Waals surface area contributed by atoms with Crippen LogP contribution in [-0.4, -0.2) is 51.6 Å². The highest BCUT2D eigenvalue weighted by Gasteiger charge is 2.24. The molecule has 0 fully saturated rings. The molecule has 184 valence electrons. The fraction of sp³-hybridized carbons (Fsp3) is 0.0870. The normalized spacial score (nSPS) is 10.7. The lowest BCUT2D eigenvalue weighted by Gasteiger charge is -2.17. The second-order valence-corrected chi connectivity index (χ2v) is 9.65. The smallest absolute Gasteiger partial charge is 0.330 e. The van der Waals surface area contributed by atoms with E-state index < -0.39 is 17.8 Å². The summed E-state index contributed by atoms with van der Waals surface area (Å²) in [5.41, 5.74) is 5.13. The highest BCUT2D eigenvalue weighted by Crippen LogP contribution is 2.35. The van der Waals surface area contributed by atoms with Crippen molar-refractivity contribution in [1.82, 2.24) is 30.5 Å². The number of amides is 4. The summed E-state index contributed by atoms with van der Waals surface area (Å²) < 4.78 is 2.17. The van der Waals surface area contributed by atoms with Gasteiger partial charge >= 0.3 is 6.03 Å². The van der Waals surface area contributed by atoms with Gasteiger partial charge in [-0.05, 0) is 60.8 Å². The molecule has 2 aromatic carbocycles. The van der Waals surface area contributed by atoms with Gasteiger partial charge in [0.2, 0.25) is 0 Å². The molecule has 0 spiro atoms. The first-order chi connectivity index (χ1) is 17.2. The summed E-state index contributed by atoms with van der Waals surface area (Å²) >= 11 is 13.1. The van der Waals surface area contributed by atoms with Crippen LogP contribution >= 0.6 is 43.5 Å². The van der Waals surface area contributed by atoms with Crippen molar-refractivity contribution in [2.45, 2.75) is 0 Å². The predicted octanol–water partition coefficient (Wildman–Crippen LogP) is 4.77. The minimum absolute atomic E-state index is 0.119. The van der Waals surface area contributed by atoms with Crippen LogP contribution in [0.25, 0.3) is 16.6 Å². The van der Waals surface area contributed by atoms with Crippen molar-refractivity contribution in [3.8, 4) is 5.82 Å². The first-order valence-electron chi connectivity index (χ1n) is 10.3. The lowest BCUT2D eigenvalue weighted by atomic mass is 10.0. The lowest BCUT2D eigenvalue weighted by molar-refractivity contribution is 0.0933. The SMILES string of the molecule is CN(C)C(=O)NNC(=O)c1cc2ccccc2c(Br)c1NC(=O)c1cc(Br)nn1-c1ncccc1Cl. The third-order valence-corrected chi connectivity index (χ3v) is 6.52. The van der Waals surface area contributed by atoms with Crippen LogP contribution in [-0.2, 0) is 0 Å². The Morgan fingerprint density at radius 3 is 2.47 bits per heavy atom. The fourth-order valence-electron chi connectivity index (χ4n) is 3.28. The number of pyridine rings is 1. The van der Waals surface area contributed by atoms with Gasteiger partial charge < -0.3 is 10.2 Å². The molecule has 0 unspecified atom stereocenters. The molecule has 0 aliphatic carbocycles. The lowest BCUT2D eigenvalue weighted by Crippen LogP contribution is -2.46. The van der Waals surface area contributed by atoms with Crippen molar-refractivity contribution in [2.75, 3.05) is 19.4 Å². The Balaban J connectivity index is 1.76. The number of aromatic nitrogens is 3. The molecule has 4 rings (SSSR count). The number of carbonyl (C=O) groups excluding carboxylic acids is 3. The summed E-state index contributed by atoms with van der Waals surface area (Å²) in [4.78, 5) is 43.9. The minimum Gasteiger partial charge on any atom is -0.330 e. The van der Waals surface area contributed by atoms with E-state index in [4.69, 9.17) is 11.6 Å². The topological polar surface area (TPSA) is 121 Å². The molecule has 0 saturated heterocycles. The largest absolute Gasteiger partial charge is 0.335 e. The molecule has 4 amide bonds. The number of nitrogens with zero attached hydrogens (tertiary/aromatic N) is 4. The van der Waals surface area contributed by atoms with E-state index >= 15 is 0 Å². The molecule has 0 radical (unpaired) electrons. The van der Waals surface area contributed by atoms with E-state index in [9.17, 15) is 14.4 Å². The highest BCUT2D eigenvalue weighted by molar-refractivity contribution is 9.11. The molecule has 10 nitrogen and oxygen atoms in total. The summed E-state index contributed by atoms with van der Waals surface area (Å²) in [6, 6.07) is 13.2. The van der Waals surface area contributed by atoms with Gasteiger partial charge in [0.1, 0.15) is 10.3 Å². The van der Waals surface area contributed by atoms with Crippen molar-refractivity contribution in [2.24, 2.45) is 0 Å². The summed E-state index contributed by atoms with van der Waals surface area (Å²) in [5.74, 6) is -0.941. The monoisotopic (exact) mass is 633 g/mol. The molecule has 4 aromatic rings. The summed E-state index contributed by atoms with van der Waals surface area (Å²) in [6.07, 6.45) is 1.53. The molecule has 0 aliphatic rings. The average molecular weight is 636 g/mol. The molecule has 0 bridgehead atoms. The van der Waals surface area contributed by atoms with E-state index in [2.05, 4.69) is 58.1 Å². The molecule has 36 heavy (non-hydrogen) atoms. The maximum Gasteiger partial charge on any atom is 0.335 e. The van der Waals surface area contributed by atoms with Crippen LogP contribution in [0.2, 0.25) is 5.02 Å². The van der Waals surface area contributed by atoms with Gasteiger partial charge in [-0.3, -0.25) is 15.0 Å². The van der Waals surface area contributed by atoms with Crippen LogP contribution in [0.5, 0.6) is 0 Å². The Kier molecular flexibility index (Phi) is 7.57. The predicted molar refractivity (Wildman–Crippen MR) is 143 cm³/mol. The van der Waals surface area contributed by atoms with Crippen molar-refractivity contribution < 1.29 is 14.4 Å². The number of anilines is 1. The van der Waals surface area contributed by atoms with E-state index in [1.165, 1.54) is 35.9 Å². The Labute approximate surface area is 227 Å². The van der Waals surface area contributed by atoms with Gasteiger partial charge in [0.15, 0.2) is 5.82 Å². The standard InChI is InChI=1S/C23H18Br2ClN7O3/c1-32(2)23(36)30-29-21(34)14-10-12-6-3-4-7-13(12)18(25)19(14)28-22(35)16-11-17(24)31-33(16)20-15(26)8-5-9-27-20/h3-11H,1-2H3,(H,28,35)(H,29,34)(H,30,36). The van der Waals surface area contributed by atoms with Gasteiger partial charge in [-0.25, -0.2) is 19.9 Å². The van der Waals surface area contributed by atoms with Crippen molar-refractivity contribution in [1.29, 1.82) is 0 Å². The number of rotatable bonds is 4. The highest BCUT2D eigenvalue weighted by atomic mass is 79.9. The van der Waals surface area contributed by atoms with Gasteiger partial charge in [0, 0.05) is 30.8 Å². The molecule has 13 heteroatoms. The van der Waals surface area contributed by atoms with Crippen molar-refractivity contribution >= 4 is 77.8 Å². The number of halogens is 3. The van der Waals surface area contributed by atoms with Crippen LogP contribution in [0.4, 0.5) is 10.5 Å². The van der Waals surface area contributed by atoms with Gasteiger partial charge in [0.05, 0.1) is 16.3 Å². The van der Waals surface area contributed by atoms with E-state index in [0.717, 1.165) is 10.8 Å². The number of hydrogen-bond acceptors (Lipinski definition) is 5. The zero-order chi connectivity index (χ0) is 26.0. The van der Waals surface area contributed by atoms with E-state index in [-0.39, 0.29) is 22.8 Å². The molecule has 3 N–H and O–H groups in total.